The average molecular weight is 253 g/mol. The molecule has 19 heavy (non-hydrogen) atoms. The monoisotopic (exact) mass is 253 g/mol. The van der Waals surface area contributed by atoms with Crippen LogP contribution in [0.25, 0.3) is 10.8 Å². The van der Waals surface area contributed by atoms with Crippen LogP contribution in [0.15, 0.2) is 42.5 Å². The molecule has 2 aromatic rings. The second-order valence-electron chi connectivity index (χ2n) is 5.63. The van der Waals surface area contributed by atoms with E-state index in [0.717, 1.165) is 5.56 Å². The number of amides is 1. The van der Waals surface area contributed by atoms with Crippen molar-refractivity contribution in [1.82, 2.24) is 5.43 Å². The van der Waals surface area contributed by atoms with E-state index in [0.29, 0.717) is 6.42 Å². The Bertz CT molecular complexity index is 686. The van der Waals surface area contributed by atoms with Crippen molar-refractivity contribution in [2.24, 2.45) is 0 Å². The molecule has 1 heterocycles. The summed E-state index contributed by atoms with van der Waals surface area (Å²) in [7, 11) is 0. The molecule has 3 heteroatoms. The van der Waals surface area contributed by atoms with Crippen LogP contribution >= 0.6 is 0 Å². The highest BCUT2D eigenvalue weighted by Gasteiger charge is 2.42. The Morgan fingerprint density at radius 3 is 2.58 bits per heavy atom. The van der Waals surface area contributed by atoms with Crippen molar-refractivity contribution in [3.8, 4) is 0 Å². The third-order valence-electron chi connectivity index (χ3n) is 3.54. The fourth-order valence-corrected chi connectivity index (χ4v) is 2.45. The number of hydrazone groups is 1. The van der Waals surface area contributed by atoms with Gasteiger partial charge in [-0.3, -0.25) is 4.79 Å². The molecule has 0 aromatic heterocycles. The molecule has 3 nitrogen and oxygen atoms in total. The molecule has 1 amide bonds. The topological polar surface area (TPSA) is 32.1 Å². The second kappa shape index (κ2) is 4.19. The van der Waals surface area contributed by atoms with Crippen LogP contribution in [-0.4, -0.2) is 22.3 Å². The first-order valence-electron chi connectivity index (χ1n) is 6.47. The summed E-state index contributed by atoms with van der Waals surface area (Å²) in [5.74, 6) is 0.0713. The third kappa shape index (κ3) is 2.24. The molecule has 96 valence electrons. The van der Waals surface area contributed by atoms with E-state index in [1.165, 1.54) is 10.8 Å². The summed E-state index contributed by atoms with van der Waals surface area (Å²) in [6, 6.07) is 14.6. The molecule has 3 rings (SSSR count). The second-order valence-corrected chi connectivity index (χ2v) is 5.63. The molecule has 1 N–H and O–H groups in total. The molecule has 1 aliphatic rings. The molecule has 0 bridgehead atoms. The number of fused-ring (bicyclic) bond motifs is 1. The summed E-state index contributed by atoms with van der Waals surface area (Å²) in [4.78, 5) is 11.5. The third-order valence-corrected chi connectivity index (χ3v) is 3.54. The van der Waals surface area contributed by atoms with Crippen molar-refractivity contribution in [3.05, 3.63) is 48.0 Å². The van der Waals surface area contributed by atoms with E-state index in [2.05, 4.69) is 49.6 Å². The Balaban J connectivity index is 2.03. The normalized spacial score (nSPS) is 19.9. The highest BCUT2D eigenvalue weighted by Crippen LogP contribution is 2.19. The van der Waals surface area contributed by atoms with Crippen molar-refractivity contribution in [1.29, 1.82) is 0 Å². The SMILES string of the molecule is CC1(C)CC(=O)N/[N+]1=C\c1ccc2ccccc2c1. The first-order chi connectivity index (χ1) is 9.04. The smallest absolute Gasteiger partial charge is 0.269 e. The summed E-state index contributed by atoms with van der Waals surface area (Å²) < 4.78 is 1.90. The van der Waals surface area contributed by atoms with Gasteiger partial charge in [-0.15, -0.1) is 10.1 Å². The number of rotatable bonds is 1. The first-order valence-corrected chi connectivity index (χ1v) is 6.47. The van der Waals surface area contributed by atoms with E-state index in [4.69, 9.17) is 0 Å². The molecule has 0 atom stereocenters. The quantitative estimate of drug-likeness (QED) is 0.778. The van der Waals surface area contributed by atoms with Crippen LogP contribution in [0.2, 0.25) is 0 Å². The van der Waals surface area contributed by atoms with Crippen LogP contribution in [0.5, 0.6) is 0 Å². The molecule has 0 aliphatic carbocycles. The van der Waals surface area contributed by atoms with Gasteiger partial charge < -0.3 is 0 Å². The molecular weight excluding hydrogens is 236 g/mol. The van der Waals surface area contributed by atoms with Gasteiger partial charge in [-0.1, -0.05) is 30.3 Å². The van der Waals surface area contributed by atoms with Crippen molar-refractivity contribution in [3.63, 3.8) is 0 Å². The number of hydrogen-bond acceptors (Lipinski definition) is 1. The van der Waals surface area contributed by atoms with Crippen molar-refractivity contribution < 1.29 is 9.48 Å². The van der Waals surface area contributed by atoms with Crippen molar-refractivity contribution >= 4 is 22.9 Å². The van der Waals surface area contributed by atoms with Gasteiger partial charge in [0.05, 0.1) is 6.42 Å². The summed E-state index contributed by atoms with van der Waals surface area (Å²) in [6.07, 6.45) is 2.52. The lowest BCUT2D eigenvalue weighted by atomic mass is 10.0. The fraction of sp³-hybridized carbons (Fsp3) is 0.250. The van der Waals surface area contributed by atoms with Gasteiger partial charge in [0.1, 0.15) is 0 Å². The van der Waals surface area contributed by atoms with Crippen LogP contribution < -0.4 is 5.43 Å². The zero-order valence-electron chi connectivity index (χ0n) is 11.2. The molecule has 1 fully saturated rings. The molecule has 0 radical (unpaired) electrons. The van der Waals surface area contributed by atoms with Gasteiger partial charge in [0.15, 0.2) is 5.54 Å². The minimum Gasteiger partial charge on any atom is -0.269 e. The largest absolute Gasteiger partial charge is 0.281 e. The number of carbonyl (C=O) groups excluding carboxylic acids is 1. The van der Waals surface area contributed by atoms with E-state index in [1.54, 1.807) is 0 Å². The Hall–Kier alpha value is -2.16. The van der Waals surface area contributed by atoms with Crippen LogP contribution in [0, 0.1) is 0 Å². The van der Waals surface area contributed by atoms with Gasteiger partial charge in [-0.2, -0.15) is 0 Å². The number of hydrazine groups is 1. The van der Waals surface area contributed by atoms with E-state index in [1.807, 2.05) is 23.0 Å². The van der Waals surface area contributed by atoms with Crippen molar-refractivity contribution in [2.45, 2.75) is 25.8 Å². The zero-order valence-corrected chi connectivity index (χ0v) is 11.2. The number of nitrogens with one attached hydrogen (secondary N) is 1. The maximum absolute atomic E-state index is 11.5. The molecule has 0 unspecified atom stereocenters. The van der Waals surface area contributed by atoms with Gasteiger partial charge in [0, 0.05) is 19.4 Å². The highest BCUT2D eigenvalue weighted by atomic mass is 16.2. The number of nitrogens with zero attached hydrogens (tertiary/aromatic N) is 1. The predicted molar refractivity (Wildman–Crippen MR) is 76.2 cm³/mol. The first kappa shape index (κ1) is 11.9. The highest BCUT2D eigenvalue weighted by molar-refractivity contribution is 5.89. The minimum atomic E-state index is -0.178. The molecule has 0 saturated carbocycles. The lowest BCUT2D eigenvalue weighted by Crippen LogP contribution is -2.36. The van der Waals surface area contributed by atoms with Crippen LogP contribution in [0.3, 0.4) is 0 Å². The minimum absolute atomic E-state index is 0.0713. The number of benzene rings is 2. The number of hydrogen-bond donors (Lipinski definition) is 1. The zero-order chi connectivity index (χ0) is 13.5. The van der Waals surface area contributed by atoms with Gasteiger partial charge in [0.2, 0.25) is 6.21 Å². The molecule has 0 spiro atoms. The summed E-state index contributed by atoms with van der Waals surface area (Å²) in [6.45, 7) is 4.12. The Morgan fingerprint density at radius 1 is 1.16 bits per heavy atom. The fourth-order valence-electron chi connectivity index (χ4n) is 2.45. The van der Waals surface area contributed by atoms with E-state index in [9.17, 15) is 4.79 Å². The lowest BCUT2D eigenvalue weighted by Gasteiger charge is -2.10. The predicted octanol–water partition coefficient (Wildman–Crippen LogP) is 2.48. The van der Waals surface area contributed by atoms with Crippen LogP contribution in [0.1, 0.15) is 25.8 Å². The molecule has 1 saturated heterocycles. The van der Waals surface area contributed by atoms with Gasteiger partial charge >= 0.3 is 0 Å². The number of carbonyl (C=O) groups is 1. The Kier molecular flexibility index (Phi) is 2.63. The summed E-state index contributed by atoms with van der Waals surface area (Å²) in [5, 5.41) is 2.43. The molecule has 1 aliphatic heterocycles. The van der Waals surface area contributed by atoms with E-state index >= 15 is 0 Å². The van der Waals surface area contributed by atoms with E-state index in [-0.39, 0.29) is 11.4 Å². The van der Waals surface area contributed by atoms with Gasteiger partial charge in [0.25, 0.3) is 5.91 Å². The van der Waals surface area contributed by atoms with Gasteiger partial charge in [-0.05, 0) is 22.9 Å². The van der Waals surface area contributed by atoms with E-state index < -0.39 is 0 Å². The Labute approximate surface area is 112 Å². The maximum Gasteiger partial charge on any atom is 0.281 e. The average Bonchev–Trinajstić information content (AvgIpc) is 2.62. The van der Waals surface area contributed by atoms with Crippen LogP contribution in [-0.2, 0) is 4.79 Å². The Morgan fingerprint density at radius 2 is 1.89 bits per heavy atom. The standard InChI is InChI=1S/C16H16N2O/c1-16(2)10-15(19)17-18(16)11-12-7-8-13-5-3-4-6-14(13)9-12/h3-9,11H,10H2,1-2H3/p+1/b18-11-. The molecular formula is C16H17N2O+. The van der Waals surface area contributed by atoms with Crippen molar-refractivity contribution in [2.75, 3.05) is 0 Å². The van der Waals surface area contributed by atoms with Gasteiger partial charge in [-0.25, -0.2) is 0 Å². The maximum atomic E-state index is 11.5. The molecule has 2 aromatic carbocycles. The lowest BCUT2D eigenvalue weighted by molar-refractivity contribution is -0.620. The van der Waals surface area contributed by atoms with Crippen LogP contribution in [0.4, 0.5) is 0 Å². The summed E-state index contributed by atoms with van der Waals surface area (Å²) in [5.41, 5.74) is 3.79. The summed E-state index contributed by atoms with van der Waals surface area (Å²) >= 11 is 0.